The highest BCUT2D eigenvalue weighted by atomic mass is 19.1. The number of carboxylic acid groups (broad SMARTS) is 1. The van der Waals surface area contributed by atoms with Gasteiger partial charge < -0.3 is 5.11 Å². The smallest absolute Gasteiger partial charge is 0.307 e. The van der Waals surface area contributed by atoms with E-state index in [0.29, 0.717) is 18.7 Å². The van der Waals surface area contributed by atoms with Crippen molar-refractivity contribution in [2.45, 2.75) is 39.7 Å². The molecule has 1 N–H and O–H groups in total. The second kappa shape index (κ2) is 8.69. The third-order valence-corrected chi connectivity index (χ3v) is 3.38. The first-order valence-corrected chi connectivity index (χ1v) is 7.23. The van der Waals surface area contributed by atoms with Crippen molar-refractivity contribution in [1.29, 1.82) is 0 Å². The van der Waals surface area contributed by atoms with E-state index in [1.807, 2.05) is 11.0 Å². The van der Waals surface area contributed by atoms with E-state index in [1.54, 1.807) is 19.1 Å². The zero-order chi connectivity index (χ0) is 15.0. The van der Waals surface area contributed by atoms with E-state index in [0.717, 1.165) is 25.8 Å². The van der Waals surface area contributed by atoms with Gasteiger partial charge in [-0.05, 0) is 19.0 Å². The summed E-state index contributed by atoms with van der Waals surface area (Å²) in [6.45, 7) is 5.54. The van der Waals surface area contributed by atoms with Crippen LogP contribution in [0.15, 0.2) is 24.3 Å². The van der Waals surface area contributed by atoms with Crippen LogP contribution in [0.2, 0.25) is 0 Å². The molecule has 20 heavy (non-hydrogen) atoms. The van der Waals surface area contributed by atoms with Gasteiger partial charge in [-0.15, -0.1) is 0 Å². The minimum atomic E-state index is -0.806. The van der Waals surface area contributed by atoms with Gasteiger partial charge in [-0.2, -0.15) is 0 Å². The van der Waals surface area contributed by atoms with Crippen molar-refractivity contribution < 1.29 is 14.3 Å². The van der Waals surface area contributed by atoms with Crippen LogP contribution < -0.4 is 0 Å². The molecule has 0 aliphatic heterocycles. The van der Waals surface area contributed by atoms with Gasteiger partial charge in [0.25, 0.3) is 0 Å². The summed E-state index contributed by atoms with van der Waals surface area (Å²) in [4.78, 5) is 13.0. The molecule has 0 aliphatic rings. The molecule has 1 aromatic carbocycles. The number of halogens is 1. The Morgan fingerprint density at radius 1 is 1.35 bits per heavy atom. The van der Waals surface area contributed by atoms with E-state index in [1.165, 1.54) is 6.07 Å². The van der Waals surface area contributed by atoms with Gasteiger partial charge in [-0.1, -0.05) is 44.9 Å². The highest BCUT2D eigenvalue weighted by Crippen LogP contribution is 2.13. The van der Waals surface area contributed by atoms with Gasteiger partial charge in [0.05, 0.1) is 5.92 Å². The van der Waals surface area contributed by atoms with Crippen molar-refractivity contribution in [3.05, 3.63) is 35.6 Å². The zero-order valence-electron chi connectivity index (χ0n) is 12.3. The first-order valence-electron chi connectivity index (χ1n) is 7.23. The Kier molecular flexibility index (Phi) is 7.23. The van der Waals surface area contributed by atoms with Gasteiger partial charge in [-0.3, -0.25) is 9.69 Å². The van der Waals surface area contributed by atoms with Gasteiger partial charge in [0.2, 0.25) is 0 Å². The minimum absolute atomic E-state index is 0.226. The average molecular weight is 281 g/mol. The number of hydrogen-bond acceptors (Lipinski definition) is 2. The highest BCUT2D eigenvalue weighted by Gasteiger charge is 2.17. The predicted molar refractivity (Wildman–Crippen MR) is 78.0 cm³/mol. The standard InChI is InChI=1S/C16H24FNO2/c1-3-4-7-10-18(11-13(2)16(19)20)12-14-8-5-6-9-15(14)17/h5-6,8-9,13H,3-4,7,10-12H2,1-2H3,(H,19,20). The molecule has 0 heterocycles. The molecule has 1 unspecified atom stereocenters. The number of aliphatic carboxylic acids is 1. The number of carbonyl (C=O) groups is 1. The summed E-state index contributed by atoms with van der Waals surface area (Å²) in [6.07, 6.45) is 3.23. The normalized spacial score (nSPS) is 12.6. The molecular formula is C16H24FNO2. The van der Waals surface area contributed by atoms with Crippen LogP contribution in [0.25, 0.3) is 0 Å². The Labute approximate surface area is 120 Å². The summed E-state index contributed by atoms with van der Waals surface area (Å²) in [5.41, 5.74) is 0.626. The van der Waals surface area contributed by atoms with Crippen LogP contribution in [0.5, 0.6) is 0 Å². The lowest BCUT2D eigenvalue weighted by atomic mass is 10.1. The maximum atomic E-state index is 13.7. The maximum Gasteiger partial charge on any atom is 0.307 e. The molecule has 0 amide bonds. The summed E-state index contributed by atoms with van der Waals surface area (Å²) in [7, 11) is 0. The first kappa shape index (κ1) is 16.6. The number of unbranched alkanes of at least 4 members (excludes halogenated alkanes) is 2. The first-order chi connectivity index (χ1) is 9.54. The van der Waals surface area contributed by atoms with E-state index in [4.69, 9.17) is 5.11 Å². The number of rotatable bonds is 9. The topological polar surface area (TPSA) is 40.5 Å². The number of benzene rings is 1. The average Bonchev–Trinajstić information content (AvgIpc) is 2.41. The number of nitrogens with zero attached hydrogens (tertiary/aromatic N) is 1. The van der Waals surface area contributed by atoms with Gasteiger partial charge >= 0.3 is 5.97 Å². The molecule has 0 aromatic heterocycles. The lowest BCUT2D eigenvalue weighted by molar-refractivity contribution is -0.141. The predicted octanol–water partition coefficient (Wildman–Crippen LogP) is 3.54. The van der Waals surface area contributed by atoms with E-state index in [2.05, 4.69) is 6.92 Å². The molecule has 0 spiro atoms. The fourth-order valence-corrected chi connectivity index (χ4v) is 2.15. The van der Waals surface area contributed by atoms with Crippen molar-refractivity contribution in [3.63, 3.8) is 0 Å². The van der Waals surface area contributed by atoms with E-state index < -0.39 is 11.9 Å². The molecule has 1 atom stereocenters. The Balaban J connectivity index is 2.66. The van der Waals surface area contributed by atoms with Crippen molar-refractivity contribution in [2.75, 3.05) is 13.1 Å². The quantitative estimate of drug-likeness (QED) is 0.704. The fraction of sp³-hybridized carbons (Fsp3) is 0.562. The van der Waals surface area contributed by atoms with Crippen molar-refractivity contribution in [3.8, 4) is 0 Å². The number of carboxylic acids is 1. The summed E-state index contributed by atoms with van der Waals surface area (Å²) in [5.74, 6) is -1.47. The second-order valence-electron chi connectivity index (χ2n) is 5.27. The van der Waals surface area contributed by atoms with Crippen LogP contribution in [0.1, 0.15) is 38.7 Å². The molecule has 0 bridgehead atoms. The molecule has 0 radical (unpaired) electrons. The summed E-state index contributed by atoms with van der Waals surface area (Å²) >= 11 is 0. The molecule has 112 valence electrons. The van der Waals surface area contributed by atoms with Crippen LogP contribution in [0.3, 0.4) is 0 Å². The van der Waals surface area contributed by atoms with E-state index >= 15 is 0 Å². The van der Waals surface area contributed by atoms with Crippen molar-refractivity contribution in [2.24, 2.45) is 5.92 Å². The molecule has 0 saturated heterocycles. The summed E-state index contributed by atoms with van der Waals surface area (Å²) in [5, 5.41) is 9.02. The minimum Gasteiger partial charge on any atom is -0.481 e. The molecule has 0 aliphatic carbocycles. The van der Waals surface area contributed by atoms with Crippen LogP contribution >= 0.6 is 0 Å². The summed E-state index contributed by atoms with van der Waals surface area (Å²) < 4.78 is 13.7. The van der Waals surface area contributed by atoms with Crippen LogP contribution in [0.4, 0.5) is 4.39 Å². The molecule has 4 heteroatoms. The van der Waals surface area contributed by atoms with Crippen molar-refractivity contribution >= 4 is 5.97 Å². The Bertz CT molecular complexity index is 423. The monoisotopic (exact) mass is 281 g/mol. The van der Waals surface area contributed by atoms with Crippen molar-refractivity contribution in [1.82, 2.24) is 4.90 Å². The zero-order valence-corrected chi connectivity index (χ0v) is 12.3. The van der Waals surface area contributed by atoms with Gasteiger partial charge in [-0.25, -0.2) is 4.39 Å². The largest absolute Gasteiger partial charge is 0.481 e. The Hall–Kier alpha value is -1.42. The SMILES string of the molecule is CCCCCN(Cc1ccccc1F)CC(C)C(=O)O. The third kappa shape index (κ3) is 5.70. The molecule has 1 aromatic rings. The second-order valence-corrected chi connectivity index (χ2v) is 5.27. The maximum absolute atomic E-state index is 13.7. The summed E-state index contributed by atoms with van der Waals surface area (Å²) in [6, 6.07) is 6.68. The van der Waals surface area contributed by atoms with Crippen LogP contribution in [-0.4, -0.2) is 29.1 Å². The fourth-order valence-electron chi connectivity index (χ4n) is 2.15. The van der Waals surface area contributed by atoms with Crippen LogP contribution in [-0.2, 0) is 11.3 Å². The molecule has 3 nitrogen and oxygen atoms in total. The van der Waals surface area contributed by atoms with Crippen LogP contribution in [0, 0.1) is 11.7 Å². The lowest BCUT2D eigenvalue weighted by Gasteiger charge is -2.24. The van der Waals surface area contributed by atoms with E-state index in [9.17, 15) is 9.18 Å². The lowest BCUT2D eigenvalue weighted by Crippen LogP contribution is -2.32. The highest BCUT2D eigenvalue weighted by molar-refractivity contribution is 5.69. The Morgan fingerprint density at radius 2 is 2.05 bits per heavy atom. The number of hydrogen-bond donors (Lipinski definition) is 1. The molecule has 1 rings (SSSR count). The van der Waals surface area contributed by atoms with Gasteiger partial charge in [0, 0.05) is 18.7 Å². The van der Waals surface area contributed by atoms with Gasteiger partial charge in [0.15, 0.2) is 0 Å². The molecular weight excluding hydrogens is 257 g/mol. The Morgan fingerprint density at radius 3 is 2.65 bits per heavy atom. The third-order valence-electron chi connectivity index (χ3n) is 3.38. The molecule has 0 saturated carbocycles. The van der Waals surface area contributed by atoms with Gasteiger partial charge in [0.1, 0.15) is 5.82 Å². The van der Waals surface area contributed by atoms with E-state index in [-0.39, 0.29) is 5.82 Å². The molecule has 0 fully saturated rings.